The number of anilines is 1. The van der Waals surface area contributed by atoms with E-state index in [1.165, 1.54) is 31.2 Å². The molecule has 1 aromatic rings. The Morgan fingerprint density at radius 1 is 1.33 bits per heavy atom. The summed E-state index contributed by atoms with van der Waals surface area (Å²) in [7, 11) is 0. The SMILES string of the molecule is CCC(C)(NC(=O)Nc1ccc(OC(F)F)cc1)C(=O)O. The van der Waals surface area contributed by atoms with Crippen molar-refractivity contribution in [3.63, 3.8) is 0 Å². The first-order valence-electron chi connectivity index (χ1n) is 6.14. The molecule has 0 fully saturated rings. The van der Waals surface area contributed by atoms with E-state index in [-0.39, 0.29) is 12.2 Å². The third-order valence-electron chi connectivity index (χ3n) is 2.91. The van der Waals surface area contributed by atoms with Gasteiger partial charge < -0.3 is 20.5 Å². The molecule has 6 nitrogen and oxygen atoms in total. The maximum Gasteiger partial charge on any atom is 0.387 e. The molecule has 2 amide bonds. The van der Waals surface area contributed by atoms with Gasteiger partial charge in [-0.2, -0.15) is 8.78 Å². The van der Waals surface area contributed by atoms with Crippen LogP contribution in [0.2, 0.25) is 0 Å². The van der Waals surface area contributed by atoms with Gasteiger partial charge in [-0.1, -0.05) is 6.92 Å². The van der Waals surface area contributed by atoms with Crippen LogP contribution in [0, 0.1) is 0 Å². The fraction of sp³-hybridized carbons (Fsp3) is 0.385. The lowest BCUT2D eigenvalue weighted by molar-refractivity contribution is -0.143. The lowest BCUT2D eigenvalue weighted by Gasteiger charge is -2.24. The normalized spacial score (nSPS) is 13.4. The molecule has 0 aliphatic carbocycles. The zero-order chi connectivity index (χ0) is 16.0. The van der Waals surface area contributed by atoms with Crippen molar-refractivity contribution in [3.8, 4) is 5.75 Å². The smallest absolute Gasteiger partial charge is 0.387 e. The van der Waals surface area contributed by atoms with Crippen molar-refractivity contribution in [1.82, 2.24) is 5.32 Å². The number of urea groups is 1. The zero-order valence-corrected chi connectivity index (χ0v) is 11.5. The number of carboxylic acid groups (broad SMARTS) is 1. The van der Waals surface area contributed by atoms with Crippen LogP contribution in [0.4, 0.5) is 19.3 Å². The van der Waals surface area contributed by atoms with Gasteiger partial charge in [0, 0.05) is 5.69 Å². The summed E-state index contributed by atoms with van der Waals surface area (Å²) < 4.78 is 28.1. The van der Waals surface area contributed by atoms with Crippen LogP contribution in [0.5, 0.6) is 5.75 Å². The standard InChI is InChI=1S/C13H16F2N2O4/c1-3-13(2,10(18)19)17-12(20)16-8-4-6-9(7-5-8)21-11(14)15/h4-7,11H,3H2,1-2H3,(H,18,19)(H2,16,17,20). The molecule has 21 heavy (non-hydrogen) atoms. The van der Waals surface area contributed by atoms with E-state index in [0.717, 1.165) is 0 Å². The molecule has 0 saturated heterocycles. The first-order chi connectivity index (χ1) is 9.76. The average Bonchev–Trinajstić information content (AvgIpc) is 2.40. The van der Waals surface area contributed by atoms with Crippen LogP contribution in [0.15, 0.2) is 24.3 Å². The largest absolute Gasteiger partial charge is 0.480 e. The number of aliphatic carboxylic acids is 1. The Hall–Kier alpha value is -2.38. The third-order valence-corrected chi connectivity index (χ3v) is 2.91. The van der Waals surface area contributed by atoms with Crippen LogP contribution in [-0.4, -0.2) is 29.3 Å². The van der Waals surface area contributed by atoms with Crippen molar-refractivity contribution >= 4 is 17.7 Å². The third kappa shape index (κ3) is 4.90. The summed E-state index contributed by atoms with van der Waals surface area (Å²) in [5.41, 5.74) is -1.07. The molecule has 1 aromatic carbocycles. The number of nitrogens with one attached hydrogen (secondary N) is 2. The Labute approximate surface area is 120 Å². The second-order valence-corrected chi connectivity index (χ2v) is 4.47. The van der Waals surface area contributed by atoms with Crippen LogP contribution in [-0.2, 0) is 4.79 Å². The average molecular weight is 302 g/mol. The Morgan fingerprint density at radius 3 is 2.33 bits per heavy atom. The molecule has 3 N–H and O–H groups in total. The number of alkyl halides is 2. The lowest BCUT2D eigenvalue weighted by atomic mass is 10.00. The highest BCUT2D eigenvalue weighted by Crippen LogP contribution is 2.18. The molecular weight excluding hydrogens is 286 g/mol. The first-order valence-corrected chi connectivity index (χ1v) is 6.14. The minimum Gasteiger partial charge on any atom is -0.480 e. The number of rotatable bonds is 6. The van der Waals surface area contributed by atoms with Crippen molar-refractivity contribution in [2.45, 2.75) is 32.4 Å². The van der Waals surface area contributed by atoms with E-state index >= 15 is 0 Å². The van der Waals surface area contributed by atoms with E-state index in [2.05, 4.69) is 15.4 Å². The fourth-order valence-corrected chi connectivity index (χ4v) is 1.43. The molecular formula is C13H16F2N2O4. The molecule has 0 radical (unpaired) electrons. The van der Waals surface area contributed by atoms with Crippen molar-refractivity contribution < 1.29 is 28.2 Å². The number of carboxylic acids is 1. The van der Waals surface area contributed by atoms with Crippen molar-refractivity contribution in [2.24, 2.45) is 0 Å². The van der Waals surface area contributed by atoms with Crippen LogP contribution in [0.25, 0.3) is 0 Å². The molecule has 1 atom stereocenters. The highest BCUT2D eigenvalue weighted by molar-refractivity contribution is 5.93. The van der Waals surface area contributed by atoms with E-state index < -0.39 is 24.2 Å². The summed E-state index contributed by atoms with van der Waals surface area (Å²) in [6.45, 7) is 0.0900. The Morgan fingerprint density at radius 2 is 1.90 bits per heavy atom. The van der Waals surface area contributed by atoms with E-state index in [0.29, 0.717) is 5.69 Å². The molecule has 8 heteroatoms. The van der Waals surface area contributed by atoms with Gasteiger partial charge in [-0.15, -0.1) is 0 Å². The summed E-state index contributed by atoms with van der Waals surface area (Å²) >= 11 is 0. The van der Waals surface area contributed by atoms with E-state index in [9.17, 15) is 18.4 Å². The zero-order valence-electron chi connectivity index (χ0n) is 11.5. The number of carbonyl (C=O) groups excluding carboxylic acids is 1. The summed E-state index contributed by atoms with van der Waals surface area (Å²) in [5, 5.41) is 13.8. The predicted octanol–water partition coefficient (Wildman–Crippen LogP) is 2.66. The second kappa shape index (κ2) is 6.87. The lowest BCUT2D eigenvalue weighted by Crippen LogP contribution is -2.53. The molecule has 1 rings (SSSR count). The number of hydrogen-bond acceptors (Lipinski definition) is 3. The Balaban J connectivity index is 2.65. The minimum atomic E-state index is -2.92. The number of ether oxygens (including phenoxy) is 1. The number of benzene rings is 1. The molecule has 1 unspecified atom stereocenters. The van der Waals surface area contributed by atoms with Crippen molar-refractivity contribution in [3.05, 3.63) is 24.3 Å². The van der Waals surface area contributed by atoms with Gasteiger partial charge in [0.1, 0.15) is 11.3 Å². The molecule has 0 heterocycles. The highest BCUT2D eigenvalue weighted by atomic mass is 19.3. The molecule has 0 bridgehead atoms. The second-order valence-electron chi connectivity index (χ2n) is 4.47. The summed E-state index contributed by atoms with van der Waals surface area (Å²) in [6, 6.07) is 4.54. The topological polar surface area (TPSA) is 87.7 Å². The van der Waals surface area contributed by atoms with Crippen molar-refractivity contribution in [2.75, 3.05) is 5.32 Å². The highest BCUT2D eigenvalue weighted by Gasteiger charge is 2.32. The van der Waals surface area contributed by atoms with Gasteiger partial charge in [0.2, 0.25) is 0 Å². The number of halogens is 2. The van der Waals surface area contributed by atoms with Crippen LogP contribution < -0.4 is 15.4 Å². The van der Waals surface area contributed by atoms with Crippen LogP contribution >= 0.6 is 0 Å². The molecule has 0 aromatic heterocycles. The van der Waals surface area contributed by atoms with E-state index in [4.69, 9.17) is 5.11 Å². The predicted molar refractivity (Wildman–Crippen MR) is 71.6 cm³/mol. The molecule has 116 valence electrons. The molecule has 0 spiro atoms. The molecule has 0 aliphatic heterocycles. The van der Waals surface area contributed by atoms with Gasteiger partial charge in [0.15, 0.2) is 0 Å². The number of hydrogen-bond donors (Lipinski definition) is 3. The van der Waals surface area contributed by atoms with Crippen molar-refractivity contribution in [1.29, 1.82) is 0 Å². The Kier molecular flexibility index (Phi) is 5.45. The summed E-state index contributed by atoms with van der Waals surface area (Å²) in [5.74, 6) is -1.19. The summed E-state index contributed by atoms with van der Waals surface area (Å²) in [6.07, 6.45) is 0.205. The maximum atomic E-state index is 12.0. The summed E-state index contributed by atoms with van der Waals surface area (Å²) in [4.78, 5) is 22.8. The first kappa shape index (κ1) is 16.7. The van der Waals surface area contributed by atoms with Crippen LogP contribution in [0.1, 0.15) is 20.3 Å². The van der Waals surface area contributed by atoms with Gasteiger partial charge in [-0.3, -0.25) is 0 Å². The monoisotopic (exact) mass is 302 g/mol. The molecule has 0 saturated carbocycles. The van der Waals surface area contributed by atoms with Gasteiger partial charge in [-0.25, -0.2) is 9.59 Å². The number of amides is 2. The fourth-order valence-electron chi connectivity index (χ4n) is 1.43. The van der Waals surface area contributed by atoms with Gasteiger partial charge >= 0.3 is 18.6 Å². The van der Waals surface area contributed by atoms with Gasteiger partial charge in [-0.05, 0) is 37.6 Å². The van der Waals surface area contributed by atoms with E-state index in [1.54, 1.807) is 6.92 Å². The molecule has 0 aliphatic rings. The quantitative estimate of drug-likeness (QED) is 0.754. The van der Waals surface area contributed by atoms with Crippen LogP contribution in [0.3, 0.4) is 0 Å². The Bertz CT molecular complexity index is 507. The van der Waals surface area contributed by atoms with E-state index in [1.807, 2.05) is 0 Å². The van der Waals surface area contributed by atoms with Gasteiger partial charge in [0.25, 0.3) is 0 Å². The maximum absolute atomic E-state index is 12.0. The number of carbonyl (C=O) groups is 2. The minimum absolute atomic E-state index is 0.0418. The van der Waals surface area contributed by atoms with Gasteiger partial charge in [0.05, 0.1) is 0 Å².